The number of carbonyl (C=O) groups excluding carboxylic acids is 1. The minimum atomic E-state index is 0.0489. The number of rotatable bonds is 3. The average molecular weight is 286 g/mol. The van der Waals surface area contributed by atoms with Crippen LogP contribution in [0.3, 0.4) is 0 Å². The summed E-state index contributed by atoms with van der Waals surface area (Å²) in [4.78, 5) is 16.7. The van der Waals surface area contributed by atoms with Crippen LogP contribution in [0.5, 0.6) is 0 Å². The van der Waals surface area contributed by atoms with Crippen LogP contribution < -0.4 is 5.32 Å². The van der Waals surface area contributed by atoms with Crippen LogP contribution in [-0.4, -0.2) is 10.8 Å². The number of aromatic nitrogens is 1. The summed E-state index contributed by atoms with van der Waals surface area (Å²) in [6.07, 6.45) is 5.30. The molecule has 3 aromatic rings. The first-order valence-corrected chi connectivity index (χ1v) is 7.25. The molecular formula is C19H14N2O. The number of benzene rings is 2. The number of anilines is 1. The van der Waals surface area contributed by atoms with Crippen molar-refractivity contribution >= 4 is 28.3 Å². The van der Waals surface area contributed by atoms with Crippen molar-refractivity contribution in [3.8, 4) is 0 Å². The van der Waals surface area contributed by atoms with Gasteiger partial charge in [0, 0.05) is 17.3 Å². The Kier molecular flexibility index (Phi) is 2.97. The fourth-order valence-electron chi connectivity index (χ4n) is 2.89. The highest BCUT2D eigenvalue weighted by atomic mass is 16.1. The second-order valence-electron chi connectivity index (χ2n) is 5.31. The Morgan fingerprint density at radius 1 is 0.955 bits per heavy atom. The molecule has 0 amide bonds. The van der Waals surface area contributed by atoms with Crippen molar-refractivity contribution in [1.82, 2.24) is 4.98 Å². The van der Waals surface area contributed by atoms with Gasteiger partial charge in [0.2, 0.25) is 0 Å². The summed E-state index contributed by atoms with van der Waals surface area (Å²) in [5.74, 6) is 0.0489. The number of allylic oxidation sites excluding steroid dienone is 1. The highest BCUT2D eigenvalue weighted by molar-refractivity contribution is 6.23. The fourth-order valence-corrected chi connectivity index (χ4v) is 2.89. The summed E-state index contributed by atoms with van der Waals surface area (Å²) in [5.41, 5.74) is 3.65. The molecular weight excluding hydrogens is 272 g/mol. The normalized spacial score (nSPS) is 12.6. The highest BCUT2D eigenvalue weighted by Gasteiger charge is 2.18. The zero-order valence-electron chi connectivity index (χ0n) is 11.9. The number of nitrogens with zero attached hydrogens (tertiary/aromatic N) is 1. The lowest BCUT2D eigenvalue weighted by molar-refractivity contribution is 0.104. The van der Waals surface area contributed by atoms with Gasteiger partial charge in [-0.3, -0.25) is 9.78 Å². The van der Waals surface area contributed by atoms with E-state index >= 15 is 0 Å². The topological polar surface area (TPSA) is 42.0 Å². The van der Waals surface area contributed by atoms with E-state index in [9.17, 15) is 4.79 Å². The molecule has 0 radical (unpaired) electrons. The Hall–Kier alpha value is -2.94. The molecule has 0 fully saturated rings. The molecule has 1 aliphatic carbocycles. The van der Waals surface area contributed by atoms with Crippen LogP contribution in [0.25, 0.3) is 16.8 Å². The van der Waals surface area contributed by atoms with Gasteiger partial charge in [0.05, 0.1) is 17.8 Å². The Bertz CT molecular complexity index is 898. The molecule has 1 heterocycles. The molecule has 0 saturated carbocycles. The van der Waals surface area contributed by atoms with E-state index < -0.39 is 0 Å². The summed E-state index contributed by atoms with van der Waals surface area (Å²) in [5, 5.41) is 5.47. The third-order valence-corrected chi connectivity index (χ3v) is 3.92. The summed E-state index contributed by atoms with van der Waals surface area (Å²) in [6.45, 7) is 0.596. The van der Waals surface area contributed by atoms with Crippen LogP contribution in [0, 0.1) is 0 Å². The lowest BCUT2D eigenvalue weighted by Gasteiger charge is -2.17. The molecule has 0 spiro atoms. The first-order valence-electron chi connectivity index (χ1n) is 7.25. The van der Waals surface area contributed by atoms with Gasteiger partial charge in [-0.2, -0.15) is 0 Å². The minimum absolute atomic E-state index is 0.0489. The van der Waals surface area contributed by atoms with Crippen LogP contribution in [0.2, 0.25) is 0 Å². The number of hydrogen-bond acceptors (Lipinski definition) is 3. The summed E-state index contributed by atoms with van der Waals surface area (Å²) in [7, 11) is 0. The molecule has 4 rings (SSSR count). The van der Waals surface area contributed by atoms with E-state index in [1.165, 1.54) is 0 Å². The van der Waals surface area contributed by atoms with E-state index in [0.717, 1.165) is 33.3 Å². The average Bonchev–Trinajstić information content (AvgIpc) is 2.58. The van der Waals surface area contributed by atoms with E-state index in [1.54, 1.807) is 12.3 Å². The van der Waals surface area contributed by atoms with Crippen molar-refractivity contribution in [3.63, 3.8) is 0 Å². The largest absolute Gasteiger partial charge is 0.379 e. The van der Waals surface area contributed by atoms with Crippen molar-refractivity contribution < 1.29 is 4.79 Å². The number of ketones is 1. The quantitative estimate of drug-likeness (QED) is 0.789. The van der Waals surface area contributed by atoms with Gasteiger partial charge in [-0.05, 0) is 35.2 Å². The molecule has 22 heavy (non-hydrogen) atoms. The fraction of sp³-hybridized carbons (Fsp3) is 0.0526. The third-order valence-electron chi connectivity index (χ3n) is 3.92. The maximum Gasteiger partial charge on any atom is 0.188 e. The monoisotopic (exact) mass is 286 g/mol. The van der Waals surface area contributed by atoms with E-state index in [1.807, 2.05) is 48.5 Å². The van der Waals surface area contributed by atoms with Crippen molar-refractivity contribution in [2.75, 3.05) is 5.32 Å². The first-order chi connectivity index (χ1) is 10.8. The lowest BCUT2D eigenvalue weighted by atomic mass is 9.91. The van der Waals surface area contributed by atoms with Crippen LogP contribution in [0.15, 0.2) is 60.8 Å². The molecule has 0 bridgehead atoms. The van der Waals surface area contributed by atoms with Gasteiger partial charge in [0.1, 0.15) is 0 Å². The molecule has 1 N–H and O–H groups in total. The molecule has 2 aromatic carbocycles. The van der Waals surface area contributed by atoms with Gasteiger partial charge in [0.25, 0.3) is 0 Å². The van der Waals surface area contributed by atoms with Crippen molar-refractivity contribution in [2.24, 2.45) is 0 Å². The number of nitrogens with one attached hydrogen (secondary N) is 1. The summed E-state index contributed by atoms with van der Waals surface area (Å²) >= 11 is 0. The maximum absolute atomic E-state index is 12.4. The van der Waals surface area contributed by atoms with E-state index in [0.29, 0.717) is 6.54 Å². The number of pyridine rings is 1. The third kappa shape index (κ3) is 2.07. The molecule has 0 unspecified atom stereocenters. The maximum atomic E-state index is 12.4. The Balaban J connectivity index is 1.78. The van der Waals surface area contributed by atoms with Crippen LogP contribution in [0.1, 0.15) is 21.6 Å². The molecule has 0 saturated heterocycles. The van der Waals surface area contributed by atoms with Gasteiger partial charge >= 0.3 is 0 Å². The molecule has 106 valence electrons. The Morgan fingerprint density at radius 2 is 1.91 bits per heavy atom. The van der Waals surface area contributed by atoms with Gasteiger partial charge in [-0.25, -0.2) is 0 Å². The minimum Gasteiger partial charge on any atom is -0.379 e. The smallest absolute Gasteiger partial charge is 0.188 e. The summed E-state index contributed by atoms with van der Waals surface area (Å²) < 4.78 is 0. The first kappa shape index (κ1) is 12.8. The van der Waals surface area contributed by atoms with E-state index in [2.05, 4.69) is 16.4 Å². The summed E-state index contributed by atoms with van der Waals surface area (Å²) in [6, 6.07) is 15.9. The molecule has 1 aromatic heterocycles. The second kappa shape index (κ2) is 5.11. The van der Waals surface area contributed by atoms with E-state index in [-0.39, 0.29) is 5.78 Å². The van der Waals surface area contributed by atoms with Gasteiger partial charge < -0.3 is 5.32 Å². The predicted molar refractivity (Wildman–Crippen MR) is 88.9 cm³/mol. The van der Waals surface area contributed by atoms with Crippen LogP contribution in [-0.2, 0) is 6.54 Å². The molecule has 3 nitrogen and oxygen atoms in total. The number of hydrogen-bond donors (Lipinski definition) is 1. The van der Waals surface area contributed by atoms with Crippen molar-refractivity contribution in [2.45, 2.75) is 6.54 Å². The standard InChI is InChI=1S/C19H14N2O/c22-17-10-8-14-5-3-4-13-7-9-16(19(17)18(13)14)21-12-15-6-1-2-11-20-15/h1-11,21H,12H2. The van der Waals surface area contributed by atoms with Gasteiger partial charge in [0.15, 0.2) is 5.78 Å². The second-order valence-corrected chi connectivity index (χ2v) is 5.31. The van der Waals surface area contributed by atoms with Gasteiger partial charge in [-0.1, -0.05) is 36.4 Å². The van der Waals surface area contributed by atoms with Crippen LogP contribution in [0.4, 0.5) is 5.69 Å². The van der Waals surface area contributed by atoms with Crippen LogP contribution >= 0.6 is 0 Å². The number of carbonyl (C=O) groups is 1. The Morgan fingerprint density at radius 3 is 2.77 bits per heavy atom. The van der Waals surface area contributed by atoms with E-state index in [4.69, 9.17) is 0 Å². The highest BCUT2D eigenvalue weighted by Crippen LogP contribution is 2.33. The lowest BCUT2D eigenvalue weighted by Crippen LogP contribution is -2.09. The molecule has 0 atom stereocenters. The van der Waals surface area contributed by atoms with Crippen molar-refractivity contribution in [3.05, 3.63) is 77.6 Å². The molecule has 0 aliphatic heterocycles. The molecule has 1 aliphatic rings. The molecule has 3 heteroatoms. The zero-order chi connectivity index (χ0) is 14.9. The SMILES string of the molecule is O=C1C=Cc2cccc3ccc(NCc4ccccn4)c1c23. The predicted octanol–water partition coefficient (Wildman–Crippen LogP) is 4.06. The Labute approximate surface area is 128 Å². The van der Waals surface area contributed by atoms with Crippen molar-refractivity contribution in [1.29, 1.82) is 0 Å². The van der Waals surface area contributed by atoms with Gasteiger partial charge in [-0.15, -0.1) is 0 Å². The zero-order valence-corrected chi connectivity index (χ0v) is 11.9.